The van der Waals surface area contributed by atoms with E-state index in [0.29, 0.717) is 5.25 Å². The van der Waals surface area contributed by atoms with Gasteiger partial charge < -0.3 is 0 Å². The first-order valence-corrected chi connectivity index (χ1v) is 6.27. The summed E-state index contributed by atoms with van der Waals surface area (Å²) in [5.74, 6) is 1.62. The molecule has 0 heterocycles. The normalized spacial score (nSPS) is 16.2. The Labute approximate surface area is 89.9 Å². The molecular weight excluding hydrogens is 176 g/mol. The lowest BCUT2D eigenvalue weighted by molar-refractivity contribution is 0.433. The van der Waals surface area contributed by atoms with Crippen LogP contribution in [0.1, 0.15) is 59.8 Å². The molecule has 13 heavy (non-hydrogen) atoms. The third-order valence-corrected chi connectivity index (χ3v) is 3.63. The fourth-order valence-electron chi connectivity index (χ4n) is 1.49. The van der Waals surface area contributed by atoms with E-state index >= 15 is 0 Å². The van der Waals surface area contributed by atoms with Gasteiger partial charge in [0.05, 0.1) is 0 Å². The molecule has 0 aliphatic heterocycles. The maximum absolute atomic E-state index is 4.59. The van der Waals surface area contributed by atoms with Gasteiger partial charge in [0, 0.05) is 5.25 Å². The van der Waals surface area contributed by atoms with Crippen LogP contribution in [0.5, 0.6) is 0 Å². The maximum atomic E-state index is 4.59. The lowest BCUT2D eigenvalue weighted by Crippen LogP contribution is -2.09. The summed E-state index contributed by atoms with van der Waals surface area (Å²) in [4.78, 5) is 0. The molecule has 0 aromatic rings. The van der Waals surface area contributed by atoms with Gasteiger partial charge in [-0.1, -0.05) is 47.0 Å². The Bertz CT molecular complexity index is 110. The van der Waals surface area contributed by atoms with Crippen molar-refractivity contribution in [2.24, 2.45) is 11.8 Å². The van der Waals surface area contributed by atoms with E-state index in [-0.39, 0.29) is 0 Å². The summed E-state index contributed by atoms with van der Waals surface area (Å²) < 4.78 is 0. The maximum Gasteiger partial charge on any atom is 0.00399 e. The molecule has 0 N–H and O–H groups in total. The predicted molar refractivity (Wildman–Crippen MR) is 65.5 cm³/mol. The largest absolute Gasteiger partial charge is 0.176 e. The van der Waals surface area contributed by atoms with Crippen LogP contribution in [0.2, 0.25) is 0 Å². The smallest absolute Gasteiger partial charge is 0.00399 e. The number of hydrogen-bond donors (Lipinski definition) is 1. The molecule has 2 unspecified atom stereocenters. The molecule has 1 heteroatoms. The second kappa shape index (κ2) is 7.73. The van der Waals surface area contributed by atoms with E-state index in [1.165, 1.54) is 32.1 Å². The van der Waals surface area contributed by atoms with Crippen molar-refractivity contribution in [1.82, 2.24) is 0 Å². The van der Waals surface area contributed by atoms with Gasteiger partial charge in [-0.3, -0.25) is 0 Å². The van der Waals surface area contributed by atoms with E-state index in [2.05, 4.69) is 40.3 Å². The molecule has 0 aromatic heterocycles. The molecule has 0 radical (unpaired) electrons. The van der Waals surface area contributed by atoms with Crippen molar-refractivity contribution in [2.75, 3.05) is 0 Å². The van der Waals surface area contributed by atoms with Crippen LogP contribution in [0.25, 0.3) is 0 Å². The molecule has 80 valence electrons. The Morgan fingerprint density at radius 2 is 1.62 bits per heavy atom. The fraction of sp³-hybridized carbons (Fsp3) is 1.00. The zero-order valence-electron chi connectivity index (χ0n) is 9.71. The minimum atomic E-state index is 0.601. The summed E-state index contributed by atoms with van der Waals surface area (Å²) in [5, 5.41) is 0.601. The molecule has 0 amide bonds. The first-order valence-electron chi connectivity index (χ1n) is 5.76. The van der Waals surface area contributed by atoms with Gasteiger partial charge in [0.25, 0.3) is 0 Å². The van der Waals surface area contributed by atoms with Crippen molar-refractivity contribution in [1.29, 1.82) is 0 Å². The Balaban J connectivity index is 3.40. The number of rotatable bonds is 7. The van der Waals surface area contributed by atoms with Crippen LogP contribution in [-0.2, 0) is 0 Å². The molecule has 2 atom stereocenters. The fourth-order valence-corrected chi connectivity index (χ4v) is 1.63. The monoisotopic (exact) mass is 202 g/mol. The lowest BCUT2D eigenvalue weighted by Gasteiger charge is -2.17. The molecule has 0 aromatic carbocycles. The van der Waals surface area contributed by atoms with E-state index in [1.54, 1.807) is 0 Å². The van der Waals surface area contributed by atoms with Crippen LogP contribution >= 0.6 is 12.6 Å². The topological polar surface area (TPSA) is 0 Å². The first kappa shape index (κ1) is 13.4. The van der Waals surface area contributed by atoms with E-state index in [9.17, 15) is 0 Å². The van der Waals surface area contributed by atoms with Crippen molar-refractivity contribution in [3.63, 3.8) is 0 Å². The Hall–Kier alpha value is 0.350. The van der Waals surface area contributed by atoms with E-state index in [1.807, 2.05) is 0 Å². The molecule has 0 nitrogen and oxygen atoms in total. The van der Waals surface area contributed by atoms with E-state index in [0.717, 1.165) is 11.8 Å². The van der Waals surface area contributed by atoms with Gasteiger partial charge in [-0.2, -0.15) is 12.6 Å². The summed E-state index contributed by atoms with van der Waals surface area (Å²) in [5.41, 5.74) is 0. The van der Waals surface area contributed by atoms with Gasteiger partial charge in [-0.15, -0.1) is 0 Å². The highest BCUT2D eigenvalue weighted by Gasteiger charge is 2.09. The van der Waals surface area contributed by atoms with Gasteiger partial charge in [-0.25, -0.2) is 0 Å². The molecule has 0 saturated carbocycles. The van der Waals surface area contributed by atoms with Crippen LogP contribution in [0.3, 0.4) is 0 Å². The lowest BCUT2D eigenvalue weighted by atomic mass is 9.95. The van der Waals surface area contributed by atoms with Gasteiger partial charge in [0.1, 0.15) is 0 Å². The van der Waals surface area contributed by atoms with Crippen LogP contribution in [0, 0.1) is 11.8 Å². The molecule has 0 bridgehead atoms. The number of unbranched alkanes of at least 4 members (excludes halogenated alkanes) is 1. The van der Waals surface area contributed by atoms with Crippen molar-refractivity contribution in [3.05, 3.63) is 0 Å². The van der Waals surface area contributed by atoms with Crippen LogP contribution in [0.15, 0.2) is 0 Å². The van der Waals surface area contributed by atoms with Crippen LogP contribution < -0.4 is 0 Å². The molecule has 0 aliphatic carbocycles. The Kier molecular flexibility index (Phi) is 7.93. The van der Waals surface area contributed by atoms with Gasteiger partial charge in [0.15, 0.2) is 0 Å². The predicted octanol–water partition coefficient (Wildman–Crippen LogP) is 4.55. The summed E-state index contributed by atoms with van der Waals surface area (Å²) >= 11 is 4.59. The number of hydrogen-bond acceptors (Lipinski definition) is 1. The standard InChI is InChI=1S/C12H26S/c1-5-6-7-11(4)8-9-12(13)10(2)3/h10-13H,5-9H2,1-4H3. The summed E-state index contributed by atoms with van der Waals surface area (Å²) in [7, 11) is 0. The third-order valence-electron chi connectivity index (χ3n) is 2.78. The Morgan fingerprint density at radius 1 is 1.00 bits per heavy atom. The van der Waals surface area contributed by atoms with Crippen LogP contribution in [-0.4, -0.2) is 5.25 Å². The zero-order chi connectivity index (χ0) is 10.3. The first-order chi connectivity index (χ1) is 6.07. The van der Waals surface area contributed by atoms with Crippen molar-refractivity contribution in [3.8, 4) is 0 Å². The second-order valence-electron chi connectivity index (χ2n) is 4.64. The summed E-state index contributed by atoms with van der Waals surface area (Å²) in [6.07, 6.45) is 6.76. The average molecular weight is 202 g/mol. The highest BCUT2D eigenvalue weighted by atomic mass is 32.1. The third kappa shape index (κ3) is 7.42. The van der Waals surface area contributed by atoms with Gasteiger partial charge in [-0.05, 0) is 24.7 Å². The average Bonchev–Trinajstić information content (AvgIpc) is 2.10. The Morgan fingerprint density at radius 3 is 2.08 bits per heavy atom. The molecule has 0 fully saturated rings. The number of thiol groups is 1. The quantitative estimate of drug-likeness (QED) is 0.575. The van der Waals surface area contributed by atoms with Gasteiger partial charge >= 0.3 is 0 Å². The van der Waals surface area contributed by atoms with Crippen molar-refractivity contribution < 1.29 is 0 Å². The van der Waals surface area contributed by atoms with E-state index in [4.69, 9.17) is 0 Å². The zero-order valence-corrected chi connectivity index (χ0v) is 10.6. The highest BCUT2D eigenvalue weighted by Crippen LogP contribution is 2.20. The summed E-state index contributed by atoms with van der Waals surface area (Å²) in [6.45, 7) is 9.15. The molecule has 0 aliphatic rings. The SMILES string of the molecule is CCCCC(C)CCC(S)C(C)C. The minimum absolute atomic E-state index is 0.601. The molecule has 0 saturated heterocycles. The summed E-state index contributed by atoms with van der Waals surface area (Å²) in [6, 6.07) is 0. The molecule has 0 spiro atoms. The second-order valence-corrected chi connectivity index (χ2v) is 5.30. The van der Waals surface area contributed by atoms with Crippen LogP contribution in [0.4, 0.5) is 0 Å². The minimum Gasteiger partial charge on any atom is -0.176 e. The molecule has 0 rings (SSSR count). The molecular formula is C12H26S. The van der Waals surface area contributed by atoms with E-state index < -0.39 is 0 Å². The van der Waals surface area contributed by atoms with Gasteiger partial charge in [0.2, 0.25) is 0 Å². The van der Waals surface area contributed by atoms with Crippen molar-refractivity contribution in [2.45, 2.75) is 65.0 Å². The highest BCUT2D eigenvalue weighted by molar-refractivity contribution is 7.81. The van der Waals surface area contributed by atoms with Crippen molar-refractivity contribution >= 4 is 12.6 Å².